The highest BCUT2D eigenvalue weighted by atomic mass is 127. The van der Waals surface area contributed by atoms with Gasteiger partial charge in [0.15, 0.2) is 0 Å². The van der Waals surface area contributed by atoms with Crippen molar-refractivity contribution in [3.8, 4) is 0 Å². The molecule has 0 bridgehead atoms. The average Bonchev–Trinajstić information content (AvgIpc) is 2.02. The van der Waals surface area contributed by atoms with E-state index in [2.05, 4.69) is 0 Å². The lowest BCUT2D eigenvalue weighted by Crippen LogP contribution is -2.04. The van der Waals surface area contributed by atoms with Gasteiger partial charge < -0.3 is 0 Å². The van der Waals surface area contributed by atoms with Gasteiger partial charge in [0.1, 0.15) is 0 Å². The van der Waals surface area contributed by atoms with E-state index in [0.29, 0.717) is 3.57 Å². The lowest BCUT2D eigenvalue weighted by Gasteiger charge is -2.08. The summed E-state index contributed by atoms with van der Waals surface area (Å²) < 4.78 is 37.2. The summed E-state index contributed by atoms with van der Waals surface area (Å²) in [7, 11) is 0. The maximum atomic E-state index is 12.2. The van der Waals surface area contributed by atoms with Crippen molar-refractivity contribution in [3.63, 3.8) is 0 Å². The minimum atomic E-state index is -4.24. The third-order valence-corrected chi connectivity index (χ3v) is 3.53. The van der Waals surface area contributed by atoms with Gasteiger partial charge in [-0.25, -0.2) is 0 Å². The van der Waals surface area contributed by atoms with Crippen LogP contribution < -0.4 is 0 Å². The summed E-state index contributed by atoms with van der Waals surface area (Å²) in [5.41, 5.74) is -0.588. The largest absolute Gasteiger partial charge is 0.416 e. The van der Waals surface area contributed by atoms with Crippen molar-refractivity contribution < 1.29 is 13.2 Å². The molecule has 1 aromatic carbocycles. The molecule has 0 atom stereocenters. The van der Waals surface area contributed by atoms with E-state index in [0.717, 1.165) is 17.0 Å². The van der Waals surface area contributed by atoms with Gasteiger partial charge in [-0.3, -0.25) is 0 Å². The maximum absolute atomic E-state index is 12.2. The third-order valence-electron chi connectivity index (χ3n) is 1.48. The zero-order valence-electron chi connectivity index (χ0n) is 6.65. The molecule has 72 valence electrons. The van der Waals surface area contributed by atoms with Gasteiger partial charge in [0.05, 0.1) is 5.56 Å². The molecular formula is C8H6F3IS. The summed E-state index contributed by atoms with van der Waals surface area (Å²) in [5, 5.41) is 0. The summed E-state index contributed by atoms with van der Waals surface area (Å²) in [4.78, 5) is 0.869. The minimum Gasteiger partial charge on any atom is -0.166 e. The molecule has 0 radical (unpaired) electrons. The fraction of sp³-hybridized carbons (Fsp3) is 0.250. The maximum Gasteiger partial charge on any atom is 0.416 e. The predicted octanol–water partition coefficient (Wildman–Crippen LogP) is 4.03. The number of halogens is 4. The molecule has 0 saturated carbocycles. The normalized spacial score (nSPS) is 11.8. The van der Waals surface area contributed by atoms with Crippen molar-refractivity contribution in [1.82, 2.24) is 0 Å². The molecule has 0 aliphatic rings. The topological polar surface area (TPSA) is 0 Å². The first-order valence-corrected chi connectivity index (χ1v) is 5.66. The first kappa shape index (κ1) is 11.2. The second kappa shape index (κ2) is 4.08. The number of alkyl halides is 3. The Balaban J connectivity index is 3.10. The van der Waals surface area contributed by atoms with E-state index < -0.39 is 11.7 Å². The zero-order valence-corrected chi connectivity index (χ0v) is 9.63. The molecule has 0 saturated heterocycles. The van der Waals surface area contributed by atoms with Gasteiger partial charge >= 0.3 is 6.18 Å². The summed E-state index contributed by atoms with van der Waals surface area (Å²) in [5.74, 6) is 0. The smallest absolute Gasteiger partial charge is 0.166 e. The van der Waals surface area contributed by atoms with Crippen LogP contribution in [0, 0.1) is 3.57 Å². The molecule has 0 aliphatic carbocycles. The van der Waals surface area contributed by atoms with Crippen LogP contribution in [0.1, 0.15) is 5.56 Å². The van der Waals surface area contributed by atoms with Crippen molar-refractivity contribution in [2.75, 3.05) is 6.26 Å². The quantitative estimate of drug-likeness (QED) is 0.556. The lowest BCUT2D eigenvalue weighted by atomic mass is 10.2. The van der Waals surface area contributed by atoms with Gasteiger partial charge in [-0.15, -0.1) is 11.8 Å². The Morgan fingerprint density at radius 3 is 2.31 bits per heavy atom. The molecule has 5 heteroatoms. The Labute approximate surface area is 92.0 Å². The van der Waals surface area contributed by atoms with Gasteiger partial charge in [-0.05, 0) is 47.0 Å². The molecule has 0 N–H and O–H groups in total. The van der Waals surface area contributed by atoms with Crippen molar-refractivity contribution in [3.05, 3.63) is 27.3 Å². The predicted molar refractivity (Wildman–Crippen MR) is 55.9 cm³/mol. The summed E-state index contributed by atoms with van der Waals surface area (Å²) in [6.45, 7) is 0. The average molecular weight is 318 g/mol. The zero-order chi connectivity index (χ0) is 10.1. The van der Waals surface area contributed by atoms with Crippen LogP contribution in [0.2, 0.25) is 0 Å². The second-order valence-electron chi connectivity index (χ2n) is 2.35. The molecule has 1 aromatic rings. The Kier molecular flexibility index (Phi) is 3.50. The van der Waals surface area contributed by atoms with Crippen LogP contribution in [0.3, 0.4) is 0 Å². The van der Waals surface area contributed by atoms with E-state index in [1.165, 1.54) is 17.8 Å². The van der Waals surface area contributed by atoms with E-state index in [4.69, 9.17) is 0 Å². The van der Waals surface area contributed by atoms with Gasteiger partial charge in [-0.1, -0.05) is 0 Å². The van der Waals surface area contributed by atoms with E-state index in [1.54, 1.807) is 0 Å². The van der Waals surface area contributed by atoms with E-state index in [1.807, 2.05) is 28.8 Å². The van der Waals surface area contributed by atoms with E-state index in [-0.39, 0.29) is 0 Å². The number of benzene rings is 1. The summed E-state index contributed by atoms with van der Waals surface area (Å²) in [6, 6.07) is 3.76. The summed E-state index contributed by atoms with van der Waals surface area (Å²) in [6.07, 6.45) is -2.40. The number of hydrogen-bond acceptors (Lipinski definition) is 1. The monoisotopic (exact) mass is 318 g/mol. The van der Waals surface area contributed by atoms with Crippen molar-refractivity contribution in [2.45, 2.75) is 11.1 Å². The minimum absolute atomic E-state index is 0.588. The molecule has 0 spiro atoms. The molecule has 13 heavy (non-hydrogen) atoms. The molecule has 0 aromatic heterocycles. The molecule has 0 fully saturated rings. The van der Waals surface area contributed by atoms with Crippen LogP contribution in [0.4, 0.5) is 13.2 Å². The highest BCUT2D eigenvalue weighted by Gasteiger charge is 2.30. The van der Waals surface area contributed by atoms with E-state index in [9.17, 15) is 13.2 Å². The lowest BCUT2D eigenvalue weighted by molar-refractivity contribution is -0.137. The van der Waals surface area contributed by atoms with Crippen LogP contribution in [0.15, 0.2) is 23.1 Å². The Bertz CT molecular complexity index is 309. The van der Waals surface area contributed by atoms with Gasteiger partial charge in [0.25, 0.3) is 0 Å². The SMILES string of the molecule is CSc1ccc(C(F)(F)F)cc1I. The Hall–Kier alpha value is 0.0900. The molecular weight excluding hydrogens is 312 g/mol. The third kappa shape index (κ3) is 2.77. The highest BCUT2D eigenvalue weighted by Crippen LogP contribution is 2.32. The Morgan fingerprint density at radius 2 is 1.92 bits per heavy atom. The van der Waals surface area contributed by atoms with Crippen LogP contribution >= 0.6 is 34.4 Å². The van der Waals surface area contributed by atoms with Crippen molar-refractivity contribution in [2.24, 2.45) is 0 Å². The molecule has 0 nitrogen and oxygen atoms in total. The standard InChI is InChI=1S/C8H6F3IS/c1-13-7-3-2-5(4-6(7)12)8(9,10)11/h2-4H,1H3. The van der Waals surface area contributed by atoms with Crippen molar-refractivity contribution in [1.29, 1.82) is 0 Å². The molecule has 0 heterocycles. The first-order chi connectivity index (χ1) is 5.95. The first-order valence-electron chi connectivity index (χ1n) is 3.36. The van der Waals surface area contributed by atoms with Crippen LogP contribution in [-0.2, 0) is 6.18 Å². The molecule has 0 amide bonds. The molecule has 0 unspecified atom stereocenters. The Morgan fingerprint density at radius 1 is 1.31 bits per heavy atom. The van der Waals surface area contributed by atoms with Gasteiger partial charge in [-0.2, -0.15) is 13.2 Å². The molecule has 1 rings (SSSR count). The van der Waals surface area contributed by atoms with Gasteiger partial charge in [0, 0.05) is 8.47 Å². The number of thioether (sulfide) groups is 1. The van der Waals surface area contributed by atoms with Crippen LogP contribution in [0.25, 0.3) is 0 Å². The highest BCUT2D eigenvalue weighted by molar-refractivity contribution is 14.1. The number of hydrogen-bond donors (Lipinski definition) is 0. The fourth-order valence-corrected chi connectivity index (χ4v) is 2.48. The van der Waals surface area contributed by atoms with Gasteiger partial charge in [0.2, 0.25) is 0 Å². The summed E-state index contributed by atoms with van der Waals surface area (Å²) >= 11 is 3.35. The fourth-order valence-electron chi connectivity index (χ4n) is 0.843. The van der Waals surface area contributed by atoms with Crippen LogP contribution in [0.5, 0.6) is 0 Å². The van der Waals surface area contributed by atoms with E-state index >= 15 is 0 Å². The van der Waals surface area contributed by atoms with Crippen molar-refractivity contribution >= 4 is 34.4 Å². The number of rotatable bonds is 1. The second-order valence-corrected chi connectivity index (χ2v) is 4.36. The molecule has 0 aliphatic heterocycles. The van der Waals surface area contributed by atoms with Crippen LogP contribution in [-0.4, -0.2) is 6.26 Å².